The van der Waals surface area contributed by atoms with E-state index in [4.69, 9.17) is 16.3 Å². The molecular formula is C25H23ClN4O2S. The van der Waals surface area contributed by atoms with Crippen molar-refractivity contribution in [3.63, 3.8) is 0 Å². The highest BCUT2D eigenvalue weighted by Gasteiger charge is 2.20. The first-order chi connectivity index (χ1) is 16.0. The van der Waals surface area contributed by atoms with E-state index in [0.717, 1.165) is 16.8 Å². The number of anilines is 1. The molecule has 1 heterocycles. The van der Waals surface area contributed by atoms with Crippen molar-refractivity contribution < 1.29 is 9.53 Å². The Labute approximate surface area is 202 Å². The molecule has 6 nitrogen and oxygen atoms in total. The summed E-state index contributed by atoms with van der Waals surface area (Å²) in [6, 6.07) is 24.9. The Morgan fingerprint density at radius 3 is 2.48 bits per heavy atom. The number of halogens is 1. The van der Waals surface area contributed by atoms with Gasteiger partial charge in [-0.2, -0.15) is 0 Å². The minimum atomic E-state index is -0.373. The van der Waals surface area contributed by atoms with Gasteiger partial charge in [-0.15, -0.1) is 10.2 Å². The van der Waals surface area contributed by atoms with Gasteiger partial charge in [0.05, 0.1) is 5.25 Å². The topological polar surface area (TPSA) is 69.0 Å². The van der Waals surface area contributed by atoms with Gasteiger partial charge in [0.1, 0.15) is 12.4 Å². The summed E-state index contributed by atoms with van der Waals surface area (Å²) in [6.45, 7) is 2.11. The number of rotatable bonds is 8. The summed E-state index contributed by atoms with van der Waals surface area (Å²) in [5, 5.41) is 12.4. The van der Waals surface area contributed by atoms with Gasteiger partial charge in [-0.3, -0.25) is 4.79 Å². The number of carbonyl (C=O) groups excluding carboxylic acids is 1. The first kappa shape index (κ1) is 22.9. The number of para-hydroxylation sites is 1. The molecular weight excluding hydrogens is 456 g/mol. The van der Waals surface area contributed by atoms with Gasteiger partial charge in [0.25, 0.3) is 0 Å². The minimum Gasteiger partial charge on any atom is -0.486 e. The highest BCUT2D eigenvalue weighted by Crippen LogP contribution is 2.29. The van der Waals surface area contributed by atoms with E-state index < -0.39 is 0 Å². The van der Waals surface area contributed by atoms with E-state index in [2.05, 4.69) is 15.5 Å². The summed E-state index contributed by atoms with van der Waals surface area (Å²) in [7, 11) is 1.86. The van der Waals surface area contributed by atoms with Crippen molar-refractivity contribution in [1.29, 1.82) is 0 Å². The van der Waals surface area contributed by atoms with Crippen LogP contribution in [0.4, 0.5) is 5.69 Å². The molecule has 0 unspecified atom stereocenters. The molecule has 4 aromatic rings. The maximum Gasteiger partial charge on any atom is 0.237 e. The Kier molecular flexibility index (Phi) is 7.32. The average Bonchev–Trinajstić information content (AvgIpc) is 3.18. The lowest BCUT2D eigenvalue weighted by atomic mass is 10.0. The van der Waals surface area contributed by atoms with E-state index >= 15 is 0 Å². The summed E-state index contributed by atoms with van der Waals surface area (Å²) < 4.78 is 7.59. The summed E-state index contributed by atoms with van der Waals surface area (Å²) in [5.41, 5.74) is 2.80. The van der Waals surface area contributed by atoms with Crippen LogP contribution >= 0.6 is 23.4 Å². The lowest BCUT2D eigenvalue weighted by molar-refractivity contribution is -0.115. The first-order valence-electron chi connectivity index (χ1n) is 10.4. The van der Waals surface area contributed by atoms with Crippen LogP contribution < -0.4 is 10.1 Å². The summed E-state index contributed by atoms with van der Waals surface area (Å²) in [4.78, 5) is 12.9. The third-order valence-electron chi connectivity index (χ3n) is 5.03. The Hall–Kier alpha value is -3.29. The molecule has 1 aromatic heterocycles. The molecule has 1 N–H and O–H groups in total. The third-order valence-corrected chi connectivity index (χ3v) is 6.41. The molecule has 0 radical (unpaired) electrons. The molecule has 8 heteroatoms. The van der Waals surface area contributed by atoms with Crippen molar-refractivity contribution in [2.75, 3.05) is 5.32 Å². The van der Waals surface area contributed by atoms with E-state index in [1.165, 1.54) is 11.8 Å². The fourth-order valence-corrected chi connectivity index (χ4v) is 4.12. The van der Waals surface area contributed by atoms with Crippen LogP contribution in [0.3, 0.4) is 0 Å². The number of aromatic nitrogens is 3. The van der Waals surface area contributed by atoms with Crippen molar-refractivity contribution in [2.24, 2.45) is 7.05 Å². The van der Waals surface area contributed by atoms with E-state index in [-0.39, 0.29) is 17.8 Å². The van der Waals surface area contributed by atoms with Crippen LogP contribution in [-0.4, -0.2) is 25.9 Å². The van der Waals surface area contributed by atoms with E-state index in [1.807, 2.05) is 73.1 Å². The van der Waals surface area contributed by atoms with Crippen molar-refractivity contribution in [2.45, 2.75) is 23.9 Å². The Morgan fingerprint density at radius 2 is 1.73 bits per heavy atom. The monoisotopic (exact) mass is 478 g/mol. The number of carbonyl (C=O) groups is 1. The Bertz CT molecular complexity index is 1230. The smallest absolute Gasteiger partial charge is 0.237 e. The number of nitrogens with one attached hydrogen (secondary N) is 1. The molecule has 0 bridgehead atoms. The van der Waals surface area contributed by atoms with E-state index in [0.29, 0.717) is 21.8 Å². The zero-order valence-corrected chi connectivity index (χ0v) is 19.8. The highest BCUT2D eigenvalue weighted by molar-refractivity contribution is 8.00. The number of hydrogen-bond acceptors (Lipinski definition) is 5. The first-order valence-corrected chi connectivity index (χ1v) is 11.7. The molecule has 0 aliphatic carbocycles. The maximum absolute atomic E-state index is 12.9. The molecule has 0 aliphatic rings. The molecule has 0 aliphatic heterocycles. The highest BCUT2D eigenvalue weighted by atomic mass is 35.5. The van der Waals surface area contributed by atoms with Gasteiger partial charge in [0, 0.05) is 23.3 Å². The van der Waals surface area contributed by atoms with Crippen LogP contribution in [0.5, 0.6) is 5.75 Å². The number of benzene rings is 3. The van der Waals surface area contributed by atoms with Gasteiger partial charge in [-0.25, -0.2) is 0 Å². The summed E-state index contributed by atoms with van der Waals surface area (Å²) >= 11 is 7.25. The van der Waals surface area contributed by atoms with Crippen LogP contribution in [0.1, 0.15) is 12.7 Å². The number of thioether (sulfide) groups is 1. The second kappa shape index (κ2) is 10.6. The lowest BCUT2D eigenvalue weighted by Gasteiger charge is -2.15. The van der Waals surface area contributed by atoms with Crippen molar-refractivity contribution >= 4 is 35.0 Å². The molecule has 1 amide bonds. The van der Waals surface area contributed by atoms with Gasteiger partial charge >= 0.3 is 0 Å². The molecule has 1 atom stereocenters. The number of nitrogens with zero attached hydrogens (tertiary/aromatic N) is 3. The molecule has 168 valence electrons. The second-order valence-corrected chi connectivity index (χ2v) is 9.11. The van der Waals surface area contributed by atoms with E-state index in [9.17, 15) is 4.79 Å². The quantitative estimate of drug-likeness (QED) is 0.322. The fraction of sp³-hybridized carbons (Fsp3) is 0.160. The van der Waals surface area contributed by atoms with Gasteiger partial charge in [-0.05, 0) is 42.8 Å². The van der Waals surface area contributed by atoms with Gasteiger partial charge in [-0.1, -0.05) is 71.9 Å². The molecule has 0 saturated heterocycles. The molecule has 0 spiro atoms. The van der Waals surface area contributed by atoms with Gasteiger partial charge < -0.3 is 14.6 Å². The zero-order valence-electron chi connectivity index (χ0n) is 18.2. The SMILES string of the molecule is C[C@H](Sc1nnc(COc2ccc(Cl)cc2)n1C)C(=O)Nc1ccccc1-c1ccccc1. The normalized spacial score (nSPS) is 11.7. The maximum atomic E-state index is 12.9. The number of amides is 1. The van der Waals surface area contributed by atoms with Gasteiger partial charge in [0.15, 0.2) is 11.0 Å². The lowest BCUT2D eigenvalue weighted by Crippen LogP contribution is -2.23. The van der Waals surface area contributed by atoms with Crippen LogP contribution in [0.15, 0.2) is 84.0 Å². The van der Waals surface area contributed by atoms with Crippen LogP contribution in [0, 0.1) is 0 Å². The predicted octanol–water partition coefficient (Wildman–Crippen LogP) is 5.83. The minimum absolute atomic E-state index is 0.106. The zero-order chi connectivity index (χ0) is 23.2. The van der Waals surface area contributed by atoms with Crippen molar-refractivity contribution in [3.8, 4) is 16.9 Å². The third kappa shape index (κ3) is 5.74. The molecule has 0 saturated carbocycles. The number of hydrogen-bond donors (Lipinski definition) is 1. The van der Waals surface area contributed by atoms with Crippen molar-refractivity contribution in [1.82, 2.24) is 14.8 Å². The molecule has 0 fully saturated rings. The largest absolute Gasteiger partial charge is 0.486 e. The second-order valence-electron chi connectivity index (χ2n) is 7.36. The Morgan fingerprint density at radius 1 is 1.03 bits per heavy atom. The number of ether oxygens (including phenoxy) is 1. The molecule has 4 rings (SSSR count). The van der Waals surface area contributed by atoms with Crippen LogP contribution in [-0.2, 0) is 18.4 Å². The van der Waals surface area contributed by atoms with Gasteiger partial charge in [0.2, 0.25) is 5.91 Å². The standard InChI is InChI=1S/C25H23ClN4O2S/c1-17(24(31)27-22-11-7-6-10-21(22)18-8-4-3-5-9-18)33-25-29-28-23(30(25)2)16-32-20-14-12-19(26)13-15-20/h3-15,17H,16H2,1-2H3,(H,27,31)/t17-/m0/s1. The average molecular weight is 479 g/mol. The van der Waals surface area contributed by atoms with Crippen molar-refractivity contribution in [3.05, 3.63) is 89.7 Å². The fourth-order valence-electron chi connectivity index (χ4n) is 3.16. The van der Waals surface area contributed by atoms with Crippen LogP contribution in [0.25, 0.3) is 11.1 Å². The predicted molar refractivity (Wildman–Crippen MR) is 133 cm³/mol. The Balaban J connectivity index is 1.39. The molecule has 3 aromatic carbocycles. The summed E-state index contributed by atoms with van der Waals surface area (Å²) in [5.74, 6) is 1.25. The van der Waals surface area contributed by atoms with E-state index in [1.54, 1.807) is 24.3 Å². The van der Waals surface area contributed by atoms with Crippen LogP contribution in [0.2, 0.25) is 5.02 Å². The molecule has 33 heavy (non-hydrogen) atoms. The summed E-state index contributed by atoms with van der Waals surface area (Å²) in [6.07, 6.45) is 0.